The molecule has 4 rings (SSSR count). The number of aromatic hydroxyl groups is 1. The molecule has 0 radical (unpaired) electrons. The minimum absolute atomic E-state index is 0.191. The maximum absolute atomic E-state index is 11.0. The Kier molecular flexibility index (Phi) is 4.78. The molecule has 0 saturated heterocycles. The van der Waals surface area contributed by atoms with Crippen molar-refractivity contribution in [2.24, 2.45) is 16.8 Å². The first-order valence-corrected chi connectivity index (χ1v) is 10.0. The highest BCUT2D eigenvalue weighted by Crippen LogP contribution is 2.38. The van der Waals surface area contributed by atoms with Gasteiger partial charge in [-0.3, -0.25) is 4.99 Å². The molecule has 4 heteroatoms. The van der Waals surface area contributed by atoms with E-state index in [1.165, 1.54) is 24.8 Å². The summed E-state index contributed by atoms with van der Waals surface area (Å²) in [5.41, 5.74) is 4.19. The second-order valence-corrected chi connectivity index (χ2v) is 8.27. The Labute approximate surface area is 155 Å². The van der Waals surface area contributed by atoms with E-state index in [0.717, 1.165) is 40.4 Å². The second-order valence-electron chi connectivity index (χ2n) is 8.27. The van der Waals surface area contributed by atoms with Crippen molar-refractivity contribution in [3.63, 3.8) is 0 Å². The van der Waals surface area contributed by atoms with Crippen LogP contribution in [-0.4, -0.2) is 35.1 Å². The molecule has 1 aliphatic carbocycles. The first-order chi connectivity index (χ1) is 12.6. The van der Waals surface area contributed by atoms with Gasteiger partial charge in [0.25, 0.3) is 0 Å². The Balaban J connectivity index is 1.78. The third-order valence-corrected chi connectivity index (χ3v) is 6.14. The molecule has 1 aliphatic heterocycles. The molecule has 2 aliphatic rings. The molecule has 1 fully saturated rings. The first-order valence-electron chi connectivity index (χ1n) is 10.0. The van der Waals surface area contributed by atoms with Crippen LogP contribution in [0.25, 0.3) is 10.9 Å². The van der Waals surface area contributed by atoms with Crippen molar-refractivity contribution in [2.75, 3.05) is 19.8 Å². The fraction of sp³-hybridized carbons (Fsp3) is 0.591. The third-order valence-electron chi connectivity index (χ3n) is 6.14. The van der Waals surface area contributed by atoms with E-state index < -0.39 is 0 Å². The van der Waals surface area contributed by atoms with E-state index in [-0.39, 0.29) is 6.04 Å². The van der Waals surface area contributed by atoms with Crippen LogP contribution in [-0.2, 0) is 11.2 Å². The normalized spacial score (nSPS) is 19.6. The van der Waals surface area contributed by atoms with Gasteiger partial charge in [-0.25, -0.2) is 0 Å². The maximum Gasteiger partial charge on any atom is 0.201 e. The molecule has 0 spiro atoms. The number of fused-ring (bicyclic) bond motifs is 1. The standard InChI is InChI=1S/C22H30N2O2/c1-14(2)24-20-8-7-16(11-15(3)17-5-4-6-17)12-18(20)21(22(24)25)19-13-26-10-9-23-19/h7-8,12,14-15,17,25H,4-6,9-11,13H2,1-3H3. The number of rotatable bonds is 5. The van der Waals surface area contributed by atoms with Gasteiger partial charge < -0.3 is 14.4 Å². The van der Waals surface area contributed by atoms with Gasteiger partial charge in [-0.15, -0.1) is 0 Å². The van der Waals surface area contributed by atoms with Gasteiger partial charge in [-0.1, -0.05) is 32.3 Å². The summed E-state index contributed by atoms with van der Waals surface area (Å²) in [6.07, 6.45) is 5.26. The van der Waals surface area contributed by atoms with Crippen molar-refractivity contribution in [1.29, 1.82) is 0 Å². The SMILES string of the molecule is CC(Cc1ccc2c(c1)c(C1=NCCOC1)c(O)n2C(C)C)C1CCC1. The highest BCUT2D eigenvalue weighted by Gasteiger charge is 2.26. The van der Waals surface area contributed by atoms with Crippen molar-refractivity contribution in [2.45, 2.75) is 52.5 Å². The summed E-state index contributed by atoms with van der Waals surface area (Å²) in [5.74, 6) is 1.93. The summed E-state index contributed by atoms with van der Waals surface area (Å²) in [4.78, 5) is 4.64. The Morgan fingerprint density at radius 1 is 1.27 bits per heavy atom. The maximum atomic E-state index is 11.0. The Morgan fingerprint density at radius 3 is 2.69 bits per heavy atom. The zero-order chi connectivity index (χ0) is 18.3. The smallest absolute Gasteiger partial charge is 0.201 e. The van der Waals surface area contributed by atoms with Crippen LogP contribution < -0.4 is 0 Å². The van der Waals surface area contributed by atoms with Crippen molar-refractivity contribution in [1.82, 2.24) is 4.57 Å². The van der Waals surface area contributed by atoms with E-state index in [9.17, 15) is 5.11 Å². The van der Waals surface area contributed by atoms with Crippen LogP contribution >= 0.6 is 0 Å². The lowest BCUT2D eigenvalue weighted by Crippen LogP contribution is -2.21. The number of aliphatic imine (C=N–C) groups is 1. The van der Waals surface area contributed by atoms with Crippen LogP contribution in [0.2, 0.25) is 0 Å². The summed E-state index contributed by atoms with van der Waals surface area (Å²) < 4.78 is 7.62. The lowest BCUT2D eigenvalue weighted by atomic mass is 9.74. The van der Waals surface area contributed by atoms with Crippen LogP contribution in [0, 0.1) is 11.8 Å². The molecule has 1 atom stereocenters. The van der Waals surface area contributed by atoms with Crippen LogP contribution in [0.4, 0.5) is 0 Å². The average molecular weight is 354 g/mol. The average Bonchev–Trinajstić information content (AvgIpc) is 2.85. The third kappa shape index (κ3) is 3.05. The molecule has 1 N–H and O–H groups in total. The molecule has 2 aromatic rings. The topological polar surface area (TPSA) is 46.8 Å². The lowest BCUT2D eigenvalue weighted by Gasteiger charge is -2.31. The lowest BCUT2D eigenvalue weighted by molar-refractivity contribution is 0.171. The van der Waals surface area contributed by atoms with Gasteiger partial charge >= 0.3 is 0 Å². The molecule has 140 valence electrons. The molecule has 0 bridgehead atoms. The van der Waals surface area contributed by atoms with Crippen molar-refractivity contribution < 1.29 is 9.84 Å². The Morgan fingerprint density at radius 2 is 2.08 bits per heavy atom. The molecule has 26 heavy (non-hydrogen) atoms. The van der Waals surface area contributed by atoms with E-state index in [1.807, 2.05) is 4.57 Å². The van der Waals surface area contributed by atoms with Crippen LogP contribution in [0.1, 0.15) is 57.2 Å². The van der Waals surface area contributed by atoms with Crippen LogP contribution in [0.3, 0.4) is 0 Å². The summed E-state index contributed by atoms with van der Waals surface area (Å²) >= 11 is 0. The van der Waals surface area contributed by atoms with Gasteiger partial charge in [0.1, 0.15) is 0 Å². The molecule has 0 amide bonds. The number of aromatic nitrogens is 1. The molecule has 1 unspecified atom stereocenters. The number of nitrogens with zero attached hydrogens (tertiary/aromatic N) is 2. The van der Waals surface area contributed by atoms with E-state index in [0.29, 0.717) is 25.6 Å². The Bertz CT molecular complexity index is 830. The van der Waals surface area contributed by atoms with Crippen molar-refractivity contribution >= 4 is 16.6 Å². The van der Waals surface area contributed by atoms with Crippen LogP contribution in [0.15, 0.2) is 23.2 Å². The molecule has 2 heterocycles. The minimum Gasteiger partial charge on any atom is -0.494 e. The van der Waals surface area contributed by atoms with Gasteiger partial charge in [-0.2, -0.15) is 0 Å². The summed E-state index contributed by atoms with van der Waals surface area (Å²) in [6, 6.07) is 6.87. The molecular formula is C22H30N2O2. The number of ether oxygens (including phenoxy) is 1. The predicted octanol–water partition coefficient (Wildman–Crippen LogP) is 4.73. The van der Waals surface area contributed by atoms with Crippen molar-refractivity contribution in [3.05, 3.63) is 29.3 Å². The van der Waals surface area contributed by atoms with E-state index in [1.54, 1.807) is 0 Å². The van der Waals surface area contributed by atoms with Gasteiger partial charge in [0.05, 0.1) is 36.6 Å². The first kappa shape index (κ1) is 17.6. The zero-order valence-corrected chi connectivity index (χ0v) is 16.2. The molecular weight excluding hydrogens is 324 g/mol. The fourth-order valence-electron chi connectivity index (χ4n) is 4.44. The minimum atomic E-state index is 0.191. The highest BCUT2D eigenvalue weighted by molar-refractivity contribution is 6.14. The summed E-state index contributed by atoms with van der Waals surface area (Å²) in [7, 11) is 0. The van der Waals surface area contributed by atoms with Crippen LogP contribution in [0.5, 0.6) is 5.88 Å². The van der Waals surface area contributed by atoms with Gasteiger partial charge in [0.15, 0.2) is 0 Å². The quantitative estimate of drug-likeness (QED) is 0.844. The largest absolute Gasteiger partial charge is 0.494 e. The predicted molar refractivity (Wildman–Crippen MR) is 106 cm³/mol. The number of hydrogen-bond donors (Lipinski definition) is 1. The molecule has 1 aromatic heterocycles. The monoisotopic (exact) mass is 354 g/mol. The second kappa shape index (κ2) is 7.07. The van der Waals surface area contributed by atoms with E-state index >= 15 is 0 Å². The number of hydrogen-bond acceptors (Lipinski definition) is 3. The van der Waals surface area contributed by atoms with Gasteiger partial charge in [0.2, 0.25) is 5.88 Å². The Hall–Kier alpha value is -1.81. The van der Waals surface area contributed by atoms with Gasteiger partial charge in [0, 0.05) is 11.4 Å². The molecule has 1 aromatic carbocycles. The van der Waals surface area contributed by atoms with Crippen molar-refractivity contribution in [3.8, 4) is 5.88 Å². The number of benzene rings is 1. The fourth-order valence-corrected chi connectivity index (χ4v) is 4.44. The zero-order valence-electron chi connectivity index (χ0n) is 16.2. The summed E-state index contributed by atoms with van der Waals surface area (Å²) in [6.45, 7) is 8.40. The van der Waals surface area contributed by atoms with E-state index in [4.69, 9.17) is 4.74 Å². The van der Waals surface area contributed by atoms with Gasteiger partial charge in [-0.05, 0) is 49.8 Å². The summed E-state index contributed by atoms with van der Waals surface area (Å²) in [5, 5.41) is 12.1. The van der Waals surface area contributed by atoms with E-state index in [2.05, 4.69) is 44.0 Å². The molecule has 1 saturated carbocycles. The highest BCUT2D eigenvalue weighted by atomic mass is 16.5. The molecule has 4 nitrogen and oxygen atoms in total.